The summed E-state index contributed by atoms with van der Waals surface area (Å²) in [6.07, 6.45) is 31.4. The highest BCUT2D eigenvalue weighted by atomic mass is 31.2. The number of nitrogens with two attached hydrogens (primary N) is 5. The molecule has 6 fully saturated rings. The van der Waals surface area contributed by atoms with Gasteiger partial charge in [0, 0.05) is 31.0 Å². The molecule has 0 radical (unpaired) electrons. The van der Waals surface area contributed by atoms with Crippen LogP contribution in [0.2, 0.25) is 0 Å². The summed E-state index contributed by atoms with van der Waals surface area (Å²) in [6.45, 7) is 20.6. The minimum absolute atomic E-state index is 0.414. The van der Waals surface area contributed by atoms with Crippen LogP contribution in [0.1, 0.15) is 84.0 Å². The van der Waals surface area contributed by atoms with Crippen molar-refractivity contribution in [2.45, 2.75) is 174 Å². The molecule has 0 aliphatic carbocycles. The molecule has 0 unspecified atom stereocenters. The molecule has 0 amide bonds. The zero-order valence-corrected chi connectivity index (χ0v) is 74.4. The van der Waals surface area contributed by atoms with Gasteiger partial charge in [0.15, 0.2) is 65.5 Å². The fraction of sp³-hybridized carbons (Fsp3) is 0.557. The summed E-state index contributed by atoms with van der Waals surface area (Å²) in [5, 5.41) is 84.7. The van der Waals surface area contributed by atoms with Gasteiger partial charge in [-0.05, 0) is 181 Å². The van der Waals surface area contributed by atoms with Gasteiger partial charge in [-0.3, -0.25) is 22.8 Å². The second-order valence-corrected chi connectivity index (χ2v) is 57.8. The number of aliphatic hydroxyl groups excluding tert-OH is 6. The highest BCUT2D eigenvalue weighted by molar-refractivity contribution is 7.73. The van der Waals surface area contributed by atoms with Gasteiger partial charge in [-0.15, -0.1) is 65.9 Å². The Morgan fingerprint density at radius 1 is 0.403 bits per heavy atom. The molecule has 0 aromatic carbocycles. The van der Waals surface area contributed by atoms with E-state index < -0.39 is 155 Å². The van der Waals surface area contributed by atoms with Crippen LogP contribution in [-0.4, -0.2) is 339 Å². The first-order valence-electron chi connectivity index (χ1n) is 39.3. The molecule has 119 heavy (non-hydrogen) atoms. The number of aliphatic hydroxyl groups is 8. The molecule has 40 heteroatoms. The van der Waals surface area contributed by atoms with Crippen LogP contribution in [0.15, 0.2) is 93.0 Å². The van der Waals surface area contributed by atoms with Crippen molar-refractivity contribution in [1.29, 1.82) is 0 Å². The van der Waals surface area contributed by atoms with E-state index in [2.05, 4.69) is 148 Å². The van der Waals surface area contributed by atoms with E-state index in [-0.39, 0.29) is 0 Å². The number of halogens is 1. The molecule has 10 aromatic heterocycles. The first-order valence-corrected chi connectivity index (χ1v) is 54.5. The number of imidazole rings is 5. The van der Waals surface area contributed by atoms with Crippen LogP contribution in [0.5, 0.6) is 0 Å². The Labute approximate surface area is 692 Å². The number of nitrogen functional groups attached to an aromatic ring is 5. The number of ether oxygens (including phenoxy) is 6. The Morgan fingerprint density at radius 3 is 1.08 bits per heavy atom. The molecule has 0 spiro atoms. The van der Waals surface area contributed by atoms with E-state index in [0.717, 1.165) is 37.2 Å². The summed E-state index contributed by atoms with van der Waals surface area (Å²) in [4.78, 5) is 42.7. The van der Waals surface area contributed by atoms with E-state index in [1.54, 1.807) is 114 Å². The number of anilines is 5. The van der Waals surface area contributed by atoms with E-state index in [0.29, 0.717) is 117 Å². The summed E-state index contributed by atoms with van der Waals surface area (Å²) in [5.41, 5.74) is 33.2. The zero-order valence-electron chi connectivity index (χ0n) is 69.9. The number of fused-ring (bicyclic) bond motifs is 7. The Hall–Kier alpha value is -7.03. The van der Waals surface area contributed by atoms with Gasteiger partial charge in [0.2, 0.25) is 0 Å². The molecule has 18 N–H and O–H groups in total. The van der Waals surface area contributed by atoms with Gasteiger partial charge in [0.05, 0.1) is 90.6 Å². The Balaban J connectivity index is 0.000000137. The standard InChI is InChI=1S/C16H23N4O3P.3C16H25N4O3P.C15H22FN4O2P/c1-24(2,3)7-5-16-8-22-12(13(16)21)15(23-16)20-9-19-11-10(17)4-6-18-14(11)20;1-16(6-8-24(2,3)4)13(22)12(21)15(23-16)20-9-19-11-10(17)5-7-18-14(11)20;2*1-16(22)13(21)11(6-8-24(2,3)4)23-15(16)20-9-19-12-10(17)5-7-18-14(12)20;1-23(2,3)7-5-10-13(21)11(16)15(22-10)20-8-19-12-9(17)4-6-18-14(12)20/h4,6,9,12-13,15,21H,1,5,7-8H2,2-3H3,(H2,17,18);5,7,9,12-13,15,21-22H,2,6,8H2,1,3-4H3,(H2,17,18);2*5,7,9,11,13,15,21-22H,2,6,8H2,1,3-4H3,(H2,17,18);4,6,8,10-11,13,15,21H,1,5,7H2,2-3H3,(H2,17,18)/t12-,13+,15-,16+;12-,13+,15-,16-;11-,13-,15-,16+;11-,13-,15-,16-;10-,11-,13-,15-/m11111/s1. The largest absolute Gasteiger partial charge is 0.397 e. The van der Waals surface area contributed by atoms with Gasteiger partial charge in [-0.25, -0.2) is 54.2 Å². The van der Waals surface area contributed by atoms with Gasteiger partial charge in [-0.1, -0.05) is 0 Å². The lowest BCUT2D eigenvalue weighted by atomic mass is 9.95. The Kier molecular flexibility index (Phi) is 26.5. The van der Waals surface area contributed by atoms with Crippen molar-refractivity contribution >= 4 is 150 Å². The number of hydrogen-bond donors (Lipinski definition) is 13. The number of hydrogen-bond acceptors (Lipinski definition) is 29. The van der Waals surface area contributed by atoms with Crippen LogP contribution in [0.3, 0.4) is 0 Å². The van der Waals surface area contributed by atoms with Crippen LogP contribution in [0.25, 0.3) is 55.8 Å². The van der Waals surface area contributed by atoms with Crippen molar-refractivity contribution in [2.75, 3.05) is 133 Å². The average Bonchev–Trinajstić information content (AvgIpc) is 1.53. The smallest absolute Gasteiger partial charge is 0.173 e. The molecular weight excluding hydrogens is 1630 g/mol. The van der Waals surface area contributed by atoms with E-state index in [1.165, 1.54) is 10.9 Å². The summed E-state index contributed by atoms with van der Waals surface area (Å²) >= 11 is 0. The van der Waals surface area contributed by atoms with Crippen molar-refractivity contribution < 1.29 is 73.7 Å². The second kappa shape index (κ2) is 34.6. The minimum Gasteiger partial charge on any atom is -0.397 e. The maximum Gasteiger partial charge on any atom is 0.173 e. The predicted molar refractivity (Wildman–Crippen MR) is 482 cm³/mol. The molecule has 34 nitrogen and oxygen atoms in total. The summed E-state index contributed by atoms with van der Waals surface area (Å²) in [6, 6.07) is 8.37. The molecule has 20 atom stereocenters. The van der Waals surface area contributed by atoms with Crippen molar-refractivity contribution in [3.8, 4) is 0 Å². The van der Waals surface area contributed by atoms with Crippen molar-refractivity contribution in [3.63, 3.8) is 0 Å². The third-order valence-corrected chi connectivity index (χ3v) is 29.9. The molecule has 0 saturated carbocycles. The van der Waals surface area contributed by atoms with Crippen molar-refractivity contribution in [1.82, 2.24) is 72.7 Å². The lowest BCUT2D eigenvalue weighted by Gasteiger charge is -2.32. The third kappa shape index (κ3) is 19.5. The summed E-state index contributed by atoms with van der Waals surface area (Å²) < 4.78 is 58.8. The molecule has 10 aromatic rings. The van der Waals surface area contributed by atoms with Crippen molar-refractivity contribution in [2.24, 2.45) is 0 Å². The van der Waals surface area contributed by atoms with E-state index in [1.807, 2.05) is 11.5 Å². The molecule has 16 rings (SSSR count). The number of rotatable bonds is 20. The third-order valence-electron chi connectivity index (χ3n) is 22.6. The quantitative estimate of drug-likeness (QED) is 0.0377. The van der Waals surface area contributed by atoms with E-state index >= 15 is 0 Å². The lowest BCUT2D eigenvalue weighted by molar-refractivity contribution is -0.172. The van der Waals surface area contributed by atoms with E-state index in [4.69, 9.17) is 57.1 Å². The molecule has 16 heterocycles. The summed E-state index contributed by atoms with van der Waals surface area (Å²) in [7, 11) is 0. The van der Waals surface area contributed by atoms with Gasteiger partial charge < -0.3 is 97.9 Å². The van der Waals surface area contributed by atoms with Crippen LogP contribution >= 0.6 is 34.4 Å². The average molecular weight is 1750 g/mol. The first-order chi connectivity index (χ1) is 55.4. The maximum atomic E-state index is 14.6. The molecule has 6 aliphatic heterocycles. The number of nitrogens with zero attached hydrogens (tertiary/aromatic N) is 15. The minimum atomic E-state index is -1.54. The highest BCUT2D eigenvalue weighted by Gasteiger charge is 2.62. The highest BCUT2D eigenvalue weighted by Crippen LogP contribution is 2.52. The Bertz CT molecular complexity index is 5330. The SMILES string of the molecule is C=P(C)(C)CC[C@@]1(C)O[C@@H](n2cnc3c(N)ccnc32)[C@H](O)[C@@H]1O.C=P(C)(C)CC[C@@]12CO[C@@H]([C@H](n3cnc4c(N)ccnc43)O1)[C@@H]2O.C=P(C)(C)CC[C@H]1O[C@@H](n2cnc3c(N)ccnc32)[C@@](C)(O)[C@@H]1O.C=P(C)(C)CC[C@H]1O[C@@H](n2cnc3c(N)ccnc32)[C@H](F)[C@@H]1O.C=P(C)(C)CC[C@H]1O[C@@H](n2cnc3c(N)ccnc32)[C@](C)(O)[C@@H]1O. The molecule has 6 saturated heterocycles. The molecular formula is C79H120FN20O14P5. The summed E-state index contributed by atoms with van der Waals surface area (Å²) in [5.74, 6) is 0. The predicted octanol–water partition coefficient (Wildman–Crippen LogP) is 6.22. The van der Waals surface area contributed by atoms with E-state index in [9.17, 15) is 45.2 Å². The van der Waals surface area contributed by atoms with Gasteiger partial charge in [0.25, 0.3) is 0 Å². The van der Waals surface area contributed by atoms with Crippen LogP contribution < -0.4 is 28.7 Å². The fourth-order valence-electron chi connectivity index (χ4n) is 15.4. The van der Waals surface area contributed by atoms with Crippen molar-refractivity contribution in [3.05, 3.63) is 93.0 Å². The van der Waals surface area contributed by atoms with Crippen LogP contribution in [-0.2, 0) is 28.4 Å². The topological polar surface area (TPSA) is 501 Å². The van der Waals surface area contributed by atoms with Gasteiger partial charge in [-0.2, -0.15) is 0 Å². The second-order valence-electron chi connectivity index (χ2n) is 36.2. The molecule has 6 aliphatic rings. The van der Waals surface area contributed by atoms with Crippen LogP contribution in [0, 0.1) is 0 Å². The number of alkyl halides is 1. The van der Waals surface area contributed by atoms with Gasteiger partial charge in [0.1, 0.15) is 87.1 Å². The Morgan fingerprint density at radius 2 is 0.723 bits per heavy atom. The fourth-order valence-corrected chi connectivity index (χ4v) is 20.3. The zero-order chi connectivity index (χ0) is 87.0. The molecule has 2 bridgehead atoms. The monoisotopic (exact) mass is 1750 g/mol. The van der Waals surface area contributed by atoms with Crippen LogP contribution in [0.4, 0.5) is 32.8 Å². The lowest BCUT2D eigenvalue weighted by Crippen LogP contribution is -2.43. The first kappa shape index (κ1) is 91.2. The number of aromatic nitrogens is 15. The van der Waals surface area contributed by atoms with Gasteiger partial charge >= 0.3 is 0 Å². The molecule has 652 valence electrons. The normalized spacial score (nSPS) is 30.8. The number of pyridine rings is 5. The maximum absolute atomic E-state index is 14.6.